The number of rotatable bonds is 4. The summed E-state index contributed by atoms with van der Waals surface area (Å²) in [4.78, 5) is 4.46. The van der Waals surface area contributed by atoms with Crippen molar-refractivity contribution in [3.8, 4) is 11.4 Å². The Bertz CT molecular complexity index is 656. The number of hydrogen-bond acceptors (Lipinski definition) is 4. The summed E-state index contributed by atoms with van der Waals surface area (Å²) in [5, 5.41) is 8.19. The molecule has 0 atom stereocenters. The minimum Gasteiger partial charge on any atom is -0.464 e. The number of fused-ring (bicyclic) bond motifs is 1. The zero-order valence-corrected chi connectivity index (χ0v) is 9.89. The van der Waals surface area contributed by atoms with Crippen molar-refractivity contribution in [1.82, 2.24) is 15.2 Å². The van der Waals surface area contributed by atoms with E-state index < -0.39 is 0 Å². The van der Waals surface area contributed by atoms with Gasteiger partial charge in [-0.05, 0) is 19.0 Å². The topological polar surface area (TPSA) is 80.7 Å². The minimum absolute atomic E-state index is 0.657. The Kier molecular flexibility index (Phi) is 2.82. The number of nitrogens with one attached hydrogen (secondary N) is 1. The first-order valence-corrected chi connectivity index (χ1v) is 5.96. The lowest BCUT2D eigenvalue weighted by atomic mass is 10.2. The summed E-state index contributed by atoms with van der Waals surface area (Å²) in [6.45, 7) is 0.657. The van der Waals surface area contributed by atoms with E-state index in [1.165, 1.54) is 0 Å². The van der Waals surface area contributed by atoms with Gasteiger partial charge in [0, 0.05) is 11.8 Å². The van der Waals surface area contributed by atoms with Crippen molar-refractivity contribution >= 4 is 11.0 Å². The van der Waals surface area contributed by atoms with Crippen molar-refractivity contribution in [2.45, 2.75) is 12.8 Å². The SMILES string of the molecule is NCCCc1nc(-c2coc3ccccc23)n[nH]1. The maximum atomic E-state index is 5.48. The molecular weight excluding hydrogens is 228 g/mol. The van der Waals surface area contributed by atoms with Crippen molar-refractivity contribution in [2.75, 3.05) is 6.54 Å². The summed E-state index contributed by atoms with van der Waals surface area (Å²) in [6.07, 6.45) is 3.42. The number of aryl methyl sites for hydroxylation is 1. The van der Waals surface area contributed by atoms with Crippen LogP contribution >= 0.6 is 0 Å². The van der Waals surface area contributed by atoms with E-state index in [1.807, 2.05) is 24.3 Å². The van der Waals surface area contributed by atoms with E-state index in [0.717, 1.165) is 35.2 Å². The fraction of sp³-hybridized carbons (Fsp3) is 0.231. The molecule has 0 aliphatic rings. The maximum absolute atomic E-state index is 5.48. The molecule has 5 heteroatoms. The molecule has 0 bridgehead atoms. The molecule has 0 amide bonds. The molecule has 3 rings (SSSR count). The highest BCUT2D eigenvalue weighted by Crippen LogP contribution is 2.27. The molecule has 0 unspecified atom stereocenters. The highest BCUT2D eigenvalue weighted by atomic mass is 16.3. The highest BCUT2D eigenvalue weighted by molar-refractivity contribution is 5.91. The van der Waals surface area contributed by atoms with E-state index in [-0.39, 0.29) is 0 Å². The van der Waals surface area contributed by atoms with Gasteiger partial charge in [-0.1, -0.05) is 18.2 Å². The molecule has 5 nitrogen and oxygen atoms in total. The monoisotopic (exact) mass is 242 g/mol. The van der Waals surface area contributed by atoms with Crippen LogP contribution in [0.5, 0.6) is 0 Å². The maximum Gasteiger partial charge on any atom is 0.185 e. The number of aromatic amines is 1. The van der Waals surface area contributed by atoms with Crippen LogP contribution in [0.15, 0.2) is 34.9 Å². The Morgan fingerprint density at radius 3 is 3.06 bits per heavy atom. The van der Waals surface area contributed by atoms with Gasteiger partial charge < -0.3 is 10.2 Å². The number of nitrogens with two attached hydrogens (primary N) is 1. The smallest absolute Gasteiger partial charge is 0.185 e. The van der Waals surface area contributed by atoms with Crippen LogP contribution in [-0.2, 0) is 6.42 Å². The average molecular weight is 242 g/mol. The zero-order chi connectivity index (χ0) is 12.4. The molecule has 3 N–H and O–H groups in total. The van der Waals surface area contributed by atoms with Crippen LogP contribution in [0.1, 0.15) is 12.2 Å². The van der Waals surface area contributed by atoms with Crippen molar-refractivity contribution in [1.29, 1.82) is 0 Å². The normalized spacial score (nSPS) is 11.2. The lowest BCUT2D eigenvalue weighted by molar-refractivity contribution is 0.616. The van der Waals surface area contributed by atoms with Crippen molar-refractivity contribution in [3.05, 3.63) is 36.4 Å². The first-order chi connectivity index (χ1) is 8.88. The van der Waals surface area contributed by atoms with Crippen molar-refractivity contribution in [3.63, 3.8) is 0 Å². The first-order valence-electron chi connectivity index (χ1n) is 5.96. The number of aromatic nitrogens is 3. The van der Waals surface area contributed by atoms with E-state index in [2.05, 4.69) is 15.2 Å². The van der Waals surface area contributed by atoms with Crippen LogP contribution < -0.4 is 5.73 Å². The van der Waals surface area contributed by atoms with E-state index in [0.29, 0.717) is 12.4 Å². The lowest BCUT2D eigenvalue weighted by Crippen LogP contribution is -2.01. The molecule has 1 aromatic carbocycles. The van der Waals surface area contributed by atoms with E-state index in [9.17, 15) is 0 Å². The number of para-hydroxylation sites is 1. The van der Waals surface area contributed by atoms with Gasteiger partial charge in [-0.3, -0.25) is 5.10 Å². The summed E-state index contributed by atoms with van der Waals surface area (Å²) in [5.74, 6) is 1.53. The van der Waals surface area contributed by atoms with Gasteiger partial charge in [0.1, 0.15) is 17.7 Å². The van der Waals surface area contributed by atoms with Gasteiger partial charge in [0.05, 0.1) is 5.56 Å². The predicted octanol–water partition coefficient (Wildman–Crippen LogP) is 2.11. The molecule has 0 radical (unpaired) electrons. The van der Waals surface area contributed by atoms with Crippen LogP contribution in [0.25, 0.3) is 22.4 Å². The molecule has 0 spiro atoms. The van der Waals surface area contributed by atoms with Gasteiger partial charge in [-0.2, -0.15) is 5.10 Å². The summed E-state index contributed by atoms with van der Waals surface area (Å²) in [6, 6.07) is 7.86. The molecule has 0 fully saturated rings. The first kappa shape index (κ1) is 11.0. The Morgan fingerprint density at radius 1 is 1.28 bits per heavy atom. The third-order valence-corrected chi connectivity index (χ3v) is 2.87. The summed E-state index contributed by atoms with van der Waals surface area (Å²) < 4.78 is 5.48. The molecule has 92 valence electrons. The number of H-pyrrole nitrogens is 1. The quantitative estimate of drug-likeness (QED) is 0.734. The van der Waals surface area contributed by atoms with Crippen LogP contribution in [0.4, 0.5) is 0 Å². The fourth-order valence-electron chi connectivity index (χ4n) is 1.95. The van der Waals surface area contributed by atoms with Crippen molar-refractivity contribution in [2.24, 2.45) is 5.73 Å². The molecular formula is C13H14N4O. The summed E-state index contributed by atoms with van der Waals surface area (Å²) in [7, 11) is 0. The largest absolute Gasteiger partial charge is 0.464 e. The second kappa shape index (κ2) is 4.62. The van der Waals surface area contributed by atoms with E-state index >= 15 is 0 Å². The predicted molar refractivity (Wildman–Crippen MR) is 69.0 cm³/mol. The van der Waals surface area contributed by atoms with Gasteiger partial charge in [0.15, 0.2) is 5.82 Å². The molecule has 2 heterocycles. The van der Waals surface area contributed by atoms with Gasteiger partial charge >= 0.3 is 0 Å². The number of nitrogens with zero attached hydrogens (tertiary/aromatic N) is 2. The van der Waals surface area contributed by atoms with E-state index in [1.54, 1.807) is 6.26 Å². The average Bonchev–Trinajstić information content (AvgIpc) is 3.02. The molecule has 0 aliphatic carbocycles. The Balaban J connectivity index is 1.96. The molecule has 0 aliphatic heterocycles. The summed E-state index contributed by atoms with van der Waals surface area (Å²) in [5.41, 5.74) is 7.24. The Labute approximate surface area is 104 Å². The Hall–Kier alpha value is -2.14. The summed E-state index contributed by atoms with van der Waals surface area (Å²) >= 11 is 0. The van der Waals surface area contributed by atoms with Gasteiger partial charge in [0.25, 0.3) is 0 Å². The molecule has 18 heavy (non-hydrogen) atoms. The fourth-order valence-corrected chi connectivity index (χ4v) is 1.95. The number of benzene rings is 1. The molecule has 2 aromatic heterocycles. The van der Waals surface area contributed by atoms with Crippen LogP contribution in [0.2, 0.25) is 0 Å². The van der Waals surface area contributed by atoms with Crippen LogP contribution in [-0.4, -0.2) is 21.7 Å². The number of hydrogen-bond donors (Lipinski definition) is 2. The second-order valence-corrected chi connectivity index (χ2v) is 4.14. The van der Waals surface area contributed by atoms with Gasteiger partial charge in [-0.25, -0.2) is 4.98 Å². The molecule has 3 aromatic rings. The highest BCUT2D eigenvalue weighted by Gasteiger charge is 2.12. The standard InChI is InChI=1S/C13H14N4O/c14-7-3-6-12-15-13(17-16-12)10-8-18-11-5-2-1-4-9(10)11/h1-2,4-5,8H,3,6-7,14H2,(H,15,16,17). The Morgan fingerprint density at radius 2 is 2.17 bits per heavy atom. The second-order valence-electron chi connectivity index (χ2n) is 4.14. The molecule has 0 saturated heterocycles. The zero-order valence-electron chi connectivity index (χ0n) is 9.89. The minimum atomic E-state index is 0.657. The van der Waals surface area contributed by atoms with E-state index in [4.69, 9.17) is 10.2 Å². The third kappa shape index (κ3) is 1.89. The van der Waals surface area contributed by atoms with Gasteiger partial charge in [0.2, 0.25) is 0 Å². The van der Waals surface area contributed by atoms with Crippen LogP contribution in [0.3, 0.4) is 0 Å². The van der Waals surface area contributed by atoms with Gasteiger partial charge in [-0.15, -0.1) is 0 Å². The third-order valence-electron chi connectivity index (χ3n) is 2.87. The molecule has 0 saturated carbocycles. The lowest BCUT2D eigenvalue weighted by Gasteiger charge is -1.91. The van der Waals surface area contributed by atoms with Crippen LogP contribution in [0, 0.1) is 0 Å². The van der Waals surface area contributed by atoms with Crippen molar-refractivity contribution < 1.29 is 4.42 Å². The number of furan rings is 1.